The Bertz CT molecular complexity index is 867. The number of nitrogens with zero attached hydrogens (tertiary/aromatic N) is 1. The topological polar surface area (TPSA) is 72.2 Å². The first-order valence-corrected chi connectivity index (χ1v) is 10.3. The van der Waals surface area contributed by atoms with Crippen molar-refractivity contribution in [3.8, 4) is 0 Å². The van der Waals surface area contributed by atoms with Crippen molar-refractivity contribution < 1.29 is 9.72 Å². The maximum atomic E-state index is 12.1. The van der Waals surface area contributed by atoms with Gasteiger partial charge in [-0.1, -0.05) is 29.8 Å². The van der Waals surface area contributed by atoms with Crippen LogP contribution in [0.4, 0.5) is 11.4 Å². The Labute approximate surface area is 164 Å². The smallest absolute Gasteiger partial charge is 0.288 e. The van der Waals surface area contributed by atoms with Crippen LogP contribution < -0.4 is 5.32 Å². The molecule has 0 bridgehead atoms. The number of rotatable bonds is 5. The molecule has 0 unspecified atom stereocenters. The summed E-state index contributed by atoms with van der Waals surface area (Å²) in [6.45, 7) is 0. The van der Waals surface area contributed by atoms with Gasteiger partial charge in [-0.2, -0.15) is 0 Å². The summed E-state index contributed by atoms with van der Waals surface area (Å²) >= 11 is 9.59. The second-order valence-electron chi connectivity index (χ2n) is 5.49. The maximum Gasteiger partial charge on any atom is 0.288 e. The number of hydrogen-bond donors (Lipinski definition) is 1. The average Bonchev–Trinajstić information content (AvgIpc) is 3.16. The molecule has 1 amide bonds. The lowest BCUT2D eigenvalue weighted by Crippen LogP contribution is -2.08. The van der Waals surface area contributed by atoms with E-state index >= 15 is 0 Å². The highest BCUT2D eigenvalue weighted by molar-refractivity contribution is 8.19. The number of thioether (sulfide) groups is 2. The summed E-state index contributed by atoms with van der Waals surface area (Å²) < 4.78 is 0.414. The molecule has 0 aromatic heterocycles. The van der Waals surface area contributed by atoms with Gasteiger partial charge in [0.15, 0.2) is 0 Å². The van der Waals surface area contributed by atoms with Crippen molar-refractivity contribution >= 4 is 58.5 Å². The summed E-state index contributed by atoms with van der Waals surface area (Å²) in [4.78, 5) is 22.5. The minimum absolute atomic E-state index is 0.0658. The van der Waals surface area contributed by atoms with Gasteiger partial charge in [0.05, 0.1) is 9.51 Å². The number of nitro groups is 1. The van der Waals surface area contributed by atoms with E-state index in [1.54, 1.807) is 6.07 Å². The standard InChI is InChI=1S/C18H15ClN2O3S2/c19-15-6-4-12(10-16(15)21(23)24)5-7-17(22)20-14-3-1-2-13(11-14)18-25-8-9-26-18/h1-7,10-11,18H,8-9H2,(H,20,22)/b7-5+. The normalized spacial score (nSPS) is 14.7. The van der Waals surface area contributed by atoms with Crippen LogP contribution in [0.25, 0.3) is 6.08 Å². The fraction of sp³-hybridized carbons (Fsp3) is 0.167. The van der Waals surface area contributed by atoms with Gasteiger partial charge in [-0.25, -0.2) is 0 Å². The largest absolute Gasteiger partial charge is 0.323 e. The molecular formula is C18H15ClN2O3S2. The maximum absolute atomic E-state index is 12.1. The van der Waals surface area contributed by atoms with Crippen LogP contribution in [0.2, 0.25) is 5.02 Å². The van der Waals surface area contributed by atoms with Crippen LogP contribution in [0, 0.1) is 10.1 Å². The summed E-state index contributed by atoms with van der Waals surface area (Å²) in [5.74, 6) is 1.98. The number of nitrogens with one attached hydrogen (secondary N) is 1. The van der Waals surface area contributed by atoms with E-state index in [9.17, 15) is 14.9 Å². The molecule has 2 aromatic rings. The highest BCUT2D eigenvalue weighted by Crippen LogP contribution is 2.45. The zero-order chi connectivity index (χ0) is 18.5. The van der Waals surface area contributed by atoms with E-state index in [1.165, 1.54) is 29.8 Å². The SMILES string of the molecule is O=C(/C=C/c1ccc(Cl)c([N+](=O)[O-])c1)Nc1cccc(C2SCCS2)c1. The molecule has 1 aliphatic heterocycles. The van der Waals surface area contributed by atoms with Crippen LogP contribution in [0.5, 0.6) is 0 Å². The van der Waals surface area contributed by atoms with E-state index in [0.29, 0.717) is 10.1 Å². The number of anilines is 1. The van der Waals surface area contributed by atoms with Crippen molar-refractivity contribution in [2.24, 2.45) is 0 Å². The molecule has 1 saturated heterocycles. The Morgan fingerprint density at radius 1 is 1.23 bits per heavy atom. The Morgan fingerprint density at radius 3 is 2.73 bits per heavy atom. The molecular weight excluding hydrogens is 392 g/mol. The quantitative estimate of drug-likeness (QED) is 0.410. The monoisotopic (exact) mass is 406 g/mol. The van der Waals surface area contributed by atoms with E-state index in [4.69, 9.17) is 11.6 Å². The fourth-order valence-electron chi connectivity index (χ4n) is 2.44. The first-order valence-electron chi connectivity index (χ1n) is 7.79. The lowest BCUT2D eigenvalue weighted by atomic mass is 10.2. The Morgan fingerprint density at radius 2 is 2.00 bits per heavy atom. The first-order chi connectivity index (χ1) is 12.5. The van der Waals surface area contributed by atoms with Gasteiger partial charge in [0.2, 0.25) is 5.91 Å². The fourth-order valence-corrected chi connectivity index (χ4v) is 5.47. The van der Waals surface area contributed by atoms with Gasteiger partial charge in [0.25, 0.3) is 5.69 Å². The third-order valence-electron chi connectivity index (χ3n) is 3.64. The van der Waals surface area contributed by atoms with Gasteiger partial charge in [-0.3, -0.25) is 14.9 Å². The molecule has 1 aliphatic rings. The second-order valence-corrected chi connectivity index (χ2v) is 8.62. The Hall–Kier alpha value is -1.96. The zero-order valence-corrected chi connectivity index (χ0v) is 15.9. The molecule has 1 heterocycles. The van der Waals surface area contributed by atoms with Crippen LogP contribution in [0.15, 0.2) is 48.5 Å². The molecule has 5 nitrogen and oxygen atoms in total. The predicted octanol–water partition coefficient (Wildman–Crippen LogP) is 5.38. The summed E-state index contributed by atoms with van der Waals surface area (Å²) in [6.07, 6.45) is 2.86. The third kappa shape index (κ3) is 4.81. The van der Waals surface area contributed by atoms with Crippen molar-refractivity contribution in [1.29, 1.82) is 0 Å². The number of benzene rings is 2. The highest BCUT2D eigenvalue weighted by atomic mass is 35.5. The third-order valence-corrected chi connectivity index (χ3v) is 7.07. The van der Waals surface area contributed by atoms with Gasteiger partial charge in [0, 0.05) is 29.3 Å². The highest BCUT2D eigenvalue weighted by Gasteiger charge is 2.18. The summed E-state index contributed by atoms with van der Waals surface area (Å²) in [6, 6.07) is 12.2. The molecule has 26 heavy (non-hydrogen) atoms. The van der Waals surface area contributed by atoms with E-state index in [2.05, 4.69) is 11.4 Å². The second kappa shape index (κ2) is 8.62. The minimum atomic E-state index is -0.551. The van der Waals surface area contributed by atoms with Crippen LogP contribution in [-0.4, -0.2) is 22.3 Å². The summed E-state index contributed by atoms with van der Waals surface area (Å²) in [5.41, 5.74) is 2.26. The van der Waals surface area contributed by atoms with Gasteiger partial charge in [-0.05, 0) is 35.4 Å². The van der Waals surface area contributed by atoms with Crippen LogP contribution in [0.3, 0.4) is 0 Å². The number of amides is 1. The van der Waals surface area contributed by atoms with E-state index in [-0.39, 0.29) is 16.6 Å². The van der Waals surface area contributed by atoms with Gasteiger partial charge in [0.1, 0.15) is 5.02 Å². The predicted molar refractivity (Wildman–Crippen MR) is 110 cm³/mol. The number of halogens is 1. The molecule has 0 radical (unpaired) electrons. The van der Waals surface area contributed by atoms with Crippen molar-refractivity contribution in [3.05, 3.63) is 74.8 Å². The minimum Gasteiger partial charge on any atom is -0.323 e. The van der Waals surface area contributed by atoms with Crippen molar-refractivity contribution in [1.82, 2.24) is 0 Å². The molecule has 0 aliphatic carbocycles. The molecule has 0 atom stereocenters. The lowest BCUT2D eigenvalue weighted by molar-refractivity contribution is -0.384. The van der Waals surface area contributed by atoms with Gasteiger partial charge >= 0.3 is 0 Å². The molecule has 1 N–H and O–H groups in total. The first kappa shape index (κ1) is 18.8. The number of carbonyl (C=O) groups excluding carboxylic acids is 1. The summed E-state index contributed by atoms with van der Waals surface area (Å²) in [5, 5.41) is 13.8. The molecule has 8 heteroatoms. The Balaban J connectivity index is 1.67. The summed E-state index contributed by atoms with van der Waals surface area (Å²) in [7, 11) is 0. The molecule has 1 fully saturated rings. The molecule has 134 valence electrons. The molecule has 3 rings (SSSR count). The van der Waals surface area contributed by atoms with Crippen LogP contribution in [0.1, 0.15) is 15.7 Å². The van der Waals surface area contributed by atoms with E-state index in [0.717, 1.165) is 17.2 Å². The van der Waals surface area contributed by atoms with Crippen molar-refractivity contribution in [2.75, 3.05) is 16.8 Å². The molecule has 2 aromatic carbocycles. The number of nitro benzene ring substituents is 1. The zero-order valence-electron chi connectivity index (χ0n) is 13.6. The van der Waals surface area contributed by atoms with Crippen molar-refractivity contribution in [3.63, 3.8) is 0 Å². The van der Waals surface area contributed by atoms with Gasteiger partial charge < -0.3 is 5.32 Å². The molecule has 0 spiro atoms. The lowest BCUT2D eigenvalue weighted by Gasteiger charge is -2.10. The Kier molecular flexibility index (Phi) is 6.24. The average molecular weight is 407 g/mol. The van der Waals surface area contributed by atoms with E-state index < -0.39 is 4.92 Å². The number of carbonyl (C=O) groups is 1. The van der Waals surface area contributed by atoms with Crippen molar-refractivity contribution in [2.45, 2.75) is 4.58 Å². The van der Waals surface area contributed by atoms with Crippen LogP contribution >= 0.6 is 35.1 Å². The molecule has 0 saturated carbocycles. The van der Waals surface area contributed by atoms with Crippen LogP contribution in [-0.2, 0) is 4.79 Å². The van der Waals surface area contributed by atoms with Gasteiger partial charge in [-0.15, -0.1) is 23.5 Å². The number of hydrogen-bond acceptors (Lipinski definition) is 5. The van der Waals surface area contributed by atoms with E-state index in [1.807, 2.05) is 41.7 Å².